The van der Waals surface area contributed by atoms with Gasteiger partial charge in [-0.05, 0) is 31.1 Å². The molecule has 7 nitrogen and oxygen atoms in total. The lowest BCUT2D eigenvalue weighted by atomic mass is 9.83. The number of methoxy groups -OCH3 is 1. The van der Waals surface area contributed by atoms with Gasteiger partial charge in [0.2, 0.25) is 5.88 Å². The van der Waals surface area contributed by atoms with Gasteiger partial charge in [-0.3, -0.25) is 0 Å². The van der Waals surface area contributed by atoms with Gasteiger partial charge in [0, 0.05) is 6.08 Å². The SMILES string of the molecule is CCOC(=O)C1=C(C)OC(N)=C(C#N)C1c1ccc(C=CC(=O)OC)cc1. The smallest absolute Gasteiger partial charge is 0.338 e. The predicted octanol–water partition coefficient (Wildman–Crippen LogP) is 2.52. The van der Waals surface area contributed by atoms with E-state index in [0.717, 1.165) is 5.56 Å². The topological polar surface area (TPSA) is 112 Å². The van der Waals surface area contributed by atoms with Crippen LogP contribution >= 0.6 is 0 Å². The van der Waals surface area contributed by atoms with Crippen LogP contribution in [0.15, 0.2) is 53.1 Å². The molecule has 0 aliphatic carbocycles. The second-order valence-electron chi connectivity index (χ2n) is 5.64. The Morgan fingerprint density at radius 2 is 2.00 bits per heavy atom. The number of nitrogens with two attached hydrogens (primary N) is 1. The highest BCUT2D eigenvalue weighted by molar-refractivity contribution is 5.92. The molecule has 0 fully saturated rings. The number of nitriles is 1. The largest absolute Gasteiger partial charge is 0.466 e. The second-order valence-corrected chi connectivity index (χ2v) is 5.64. The average Bonchev–Trinajstić information content (AvgIpc) is 2.66. The number of esters is 2. The lowest BCUT2D eigenvalue weighted by molar-refractivity contribution is -0.139. The van der Waals surface area contributed by atoms with Crippen molar-refractivity contribution in [2.24, 2.45) is 5.73 Å². The molecule has 1 atom stereocenters. The summed E-state index contributed by atoms with van der Waals surface area (Å²) in [5, 5.41) is 9.53. The minimum atomic E-state index is -0.693. The normalized spacial score (nSPS) is 16.7. The van der Waals surface area contributed by atoms with Gasteiger partial charge in [0.05, 0.1) is 25.2 Å². The molecular weight excluding hydrogens is 348 g/mol. The summed E-state index contributed by atoms with van der Waals surface area (Å²) >= 11 is 0. The highest BCUT2D eigenvalue weighted by Gasteiger charge is 2.36. The fourth-order valence-corrected chi connectivity index (χ4v) is 2.72. The van der Waals surface area contributed by atoms with E-state index >= 15 is 0 Å². The lowest BCUT2D eigenvalue weighted by Gasteiger charge is -2.26. The van der Waals surface area contributed by atoms with Gasteiger partial charge in [-0.1, -0.05) is 24.3 Å². The van der Waals surface area contributed by atoms with Crippen molar-refractivity contribution in [1.29, 1.82) is 5.26 Å². The maximum absolute atomic E-state index is 12.4. The molecule has 140 valence electrons. The van der Waals surface area contributed by atoms with E-state index < -0.39 is 17.9 Å². The van der Waals surface area contributed by atoms with Crippen LogP contribution < -0.4 is 5.73 Å². The highest BCUT2D eigenvalue weighted by Crippen LogP contribution is 2.39. The van der Waals surface area contributed by atoms with E-state index in [0.29, 0.717) is 11.3 Å². The van der Waals surface area contributed by atoms with Crippen molar-refractivity contribution in [1.82, 2.24) is 0 Å². The zero-order chi connectivity index (χ0) is 20.0. The number of allylic oxidation sites excluding steroid dienone is 2. The number of carbonyl (C=O) groups is 2. The van der Waals surface area contributed by atoms with Crippen LogP contribution in [-0.2, 0) is 23.8 Å². The molecule has 0 spiro atoms. The Hall–Kier alpha value is -3.53. The lowest BCUT2D eigenvalue weighted by Crippen LogP contribution is -2.25. The fourth-order valence-electron chi connectivity index (χ4n) is 2.72. The molecule has 1 unspecified atom stereocenters. The third-order valence-electron chi connectivity index (χ3n) is 3.98. The molecule has 1 aromatic carbocycles. The number of carbonyl (C=O) groups excluding carboxylic acids is 2. The number of hydrogen-bond acceptors (Lipinski definition) is 7. The van der Waals surface area contributed by atoms with Gasteiger partial charge in [0.15, 0.2) is 0 Å². The number of rotatable bonds is 5. The standard InChI is InChI=1S/C20H20N2O5/c1-4-26-20(24)17-12(2)27-19(22)15(11-21)18(17)14-8-5-13(6-9-14)7-10-16(23)25-3/h5-10,18H,4,22H2,1-3H3. The molecule has 0 saturated heterocycles. The molecule has 2 rings (SSSR count). The summed E-state index contributed by atoms with van der Waals surface area (Å²) in [5.74, 6) is -1.46. The van der Waals surface area contributed by atoms with E-state index in [1.165, 1.54) is 13.2 Å². The first-order valence-corrected chi connectivity index (χ1v) is 8.24. The first-order chi connectivity index (χ1) is 12.9. The molecular formula is C20H20N2O5. The van der Waals surface area contributed by atoms with E-state index in [2.05, 4.69) is 4.74 Å². The van der Waals surface area contributed by atoms with E-state index in [1.807, 2.05) is 6.07 Å². The first kappa shape index (κ1) is 19.8. The van der Waals surface area contributed by atoms with Crippen molar-refractivity contribution in [2.75, 3.05) is 13.7 Å². The zero-order valence-corrected chi connectivity index (χ0v) is 15.3. The molecule has 27 heavy (non-hydrogen) atoms. The highest BCUT2D eigenvalue weighted by atomic mass is 16.5. The Morgan fingerprint density at radius 3 is 2.56 bits per heavy atom. The molecule has 2 N–H and O–H groups in total. The van der Waals surface area contributed by atoms with Crippen molar-refractivity contribution in [2.45, 2.75) is 19.8 Å². The molecule has 1 aliphatic heterocycles. The summed E-state index contributed by atoms with van der Waals surface area (Å²) in [6.45, 7) is 3.50. The Labute approximate surface area is 157 Å². The molecule has 1 aliphatic rings. The minimum Gasteiger partial charge on any atom is -0.466 e. The van der Waals surface area contributed by atoms with Gasteiger partial charge < -0.3 is 19.9 Å². The molecule has 0 aromatic heterocycles. The number of benzene rings is 1. The van der Waals surface area contributed by atoms with Crippen LogP contribution in [0.1, 0.15) is 30.9 Å². The second kappa shape index (κ2) is 8.72. The number of hydrogen-bond donors (Lipinski definition) is 1. The van der Waals surface area contributed by atoms with Crippen LogP contribution in [0.3, 0.4) is 0 Å². The minimum absolute atomic E-state index is 0.0392. The third kappa shape index (κ3) is 4.36. The predicted molar refractivity (Wildman–Crippen MR) is 97.5 cm³/mol. The van der Waals surface area contributed by atoms with Crippen molar-refractivity contribution >= 4 is 18.0 Å². The van der Waals surface area contributed by atoms with E-state index in [9.17, 15) is 14.9 Å². The maximum atomic E-state index is 12.4. The molecule has 1 heterocycles. The number of ether oxygens (including phenoxy) is 3. The Balaban J connectivity index is 2.45. The fraction of sp³-hybridized carbons (Fsp3) is 0.250. The quantitative estimate of drug-likeness (QED) is 0.628. The van der Waals surface area contributed by atoms with Crippen LogP contribution in [0.4, 0.5) is 0 Å². The van der Waals surface area contributed by atoms with Gasteiger partial charge in [-0.15, -0.1) is 0 Å². The third-order valence-corrected chi connectivity index (χ3v) is 3.98. The van der Waals surface area contributed by atoms with Gasteiger partial charge in [0.25, 0.3) is 0 Å². The van der Waals surface area contributed by atoms with Gasteiger partial charge in [-0.25, -0.2) is 9.59 Å². The molecule has 7 heteroatoms. The van der Waals surface area contributed by atoms with E-state index in [4.69, 9.17) is 15.2 Å². The van der Waals surface area contributed by atoms with Crippen molar-refractivity contribution < 1.29 is 23.8 Å². The molecule has 0 bridgehead atoms. The summed E-state index contributed by atoms with van der Waals surface area (Å²) in [7, 11) is 1.30. The Morgan fingerprint density at radius 1 is 1.33 bits per heavy atom. The van der Waals surface area contributed by atoms with E-state index in [1.54, 1.807) is 44.2 Å². The monoisotopic (exact) mass is 368 g/mol. The maximum Gasteiger partial charge on any atom is 0.338 e. The summed E-state index contributed by atoms with van der Waals surface area (Å²) in [6, 6.07) is 9.05. The summed E-state index contributed by atoms with van der Waals surface area (Å²) < 4.78 is 15.0. The molecule has 1 aromatic rings. The van der Waals surface area contributed by atoms with Crippen molar-refractivity contribution in [3.63, 3.8) is 0 Å². The van der Waals surface area contributed by atoms with Crippen LogP contribution in [-0.4, -0.2) is 25.7 Å². The van der Waals surface area contributed by atoms with Gasteiger partial charge in [0.1, 0.15) is 17.4 Å². The Kier molecular flexibility index (Phi) is 6.39. The summed E-state index contributed by atoms with van der Waals surface area (Å²) in [4.78, 5) is 23.6. The number of nitrogens with zero attached hydrogens (tertiary/aromatic N) is 1. The van der Waals surface area contributed by atoms with Gasteiger partial charge >= 0.3 is 11.9 Å². The first-order valence-electron chi connectivity index (χ1n) is 8.24. The molecule has 0 saturated carbocycles. The average molecular weight is 368 g/mol. The summed E-state index contributed by atoms with van der Waals surface area (Å²) in [5.41, 5.74) is 7.66. The summed E-state index contributed by atoms with van der Waals surface area (Å²) in [6.07, 6.45) is 2.90. The van der Waals surface area contributed by atoms with Crippen LogP contribution in [0.5, 0.6) is 0 Å². The molecule has 0 radical (unpaired) electrons. The molecule has 0 amide bonds. The van der Waals surface area contributed by atoms with Crippen LogP contribution in [0, 0.1) is 11.3 Å². The zero-order valence-electron chi connectivity index (χ0n) is 15.3. The van der Waals surface area contributed by atoms with Crippen LogP contribution in [0.2, 0.25) is 0 Å². The van der Waals surface area contributed by atoms with Crippen molar-refractivity contribution in [3.8, 4) is 6.07 Å². The van der Waals surface area contributed by atoms with E-state index in [-0.39, 0.29) is 23.6 Å². The van der Waals surface area contributed by atoms with Crippen molar-refractivity contribution in [3.05, 3.63) is 64.3 Å². The van der Waals surface area contributed by atoms with Crippen LogP contribution in [0.25, 0.3) is 6.08 Å². The Bertz CT molecular complexity index is 873. The van der Waals surface area contributed by atoms with Gasteiger partial charge in [-0.2, -0.15) is 5.26 Å².